The van der Waals surface area contributed by atoms with Gasteiger partial charge in [-0.3, -0.25) is 0 Å². The largest absolute Gasteiger partial charge is 0.380 e. The molecular weight excluding hydrogens is 364 g/mol. The maximum atomic E-state index is 12.5. The molecule has 0 unspecified atom stereocenters. The van der Waals surface area contributed by atoms with Gasteiger partial charge in [-0.1, -0.05) is 48.3 Å². The number of nitrogens with two attached hydrogens (primary N) is 1. The van der Waals surface area contributed by atoms with Crippen molar-refractivity contribution < 1.29 is 9.63 Å². The van der Waals surface area contributed by atoms with Gasteiger partial charge in [0, 0.05) is 10.6 Å². The van der Waals surface area contributed by atoms with Gasteiger partial charge in [-0.05, 0) is 42.8 Å². The van der Waals surface area contributed by atoms with Crippen LogP contribution in [-0.2, 0) is 11.3 Å². The van der Waals surface area contributed by atoms with Crippen molar-refractivity contribution in [2.45, 2.75) is 19.8 Å². The summed E-state index contributed by atoms with van der Waals surface area (Å²) in [7, 11) is 0. The minimum absolute atomic E-state index is 0.0903. The van der Waals surface area contributed by atoms with Crippen LogP contribution in [0.2, 0.25) is 5.02 Å². The smallest absolute Gasteiger partial charge is 0.369 e. The van der Waals surface area contributed by atoms with Crippen LogP contribution in [0.5, 0.6) is 0 Å². The van der Waals surface area contributed by atoms with Crippen molar-refractivity contribution in [1.82, 2.24) is 9.78 Å². The third-order valence-electron chi connectivity index (χ3n) is 3.94. The summed E-state index contributed by atoms with van der Waals surface area (Å²) >= 11 is 5.85. The number of nitrogens with zero attached hydrogens (tertiary/aromatic N) is 3. The van der Waals surface area contributed by atoms with Crippen molar-refractivity contribution in [3.8, 4) is 5.69 Å². The Bertz CT molecular complexity index is 950. The molecule has 0 atom stereocenters. The van der Waals surface area contributed by atoms with Crippen molar-refractivity contribution in [2.24, 2.45) is 10.9 Å². The van der Waals surface area contributed by atoms with Crippen molar-refractivity contribution in [3.05, 3.63) is 82.6 Å². The van der Waals surface area contributed by atoms with Gasteiger partial charge < -0.3 is 10.6 Å². The highest BCUT2D eigenvalue weighted by atomic mass is 35.5. The number of hydrogen-bond donors (Lipinski definition) is 1. The lowest BCUT2D eigenvalue weighted by Crippen LogP contribution is -2.15. The van der Waals surface area contributed by atoms with E-state index in [1.807, 2.05) is 37.3 Å². The fourth-order valence-electron chi connectivity index (χ4n) is 2.63. The molecule has 0 bridgehead atoms. The highest BCUT2D eigenvalue weighted by Crippen LogP contribution is 2.18. The van der Waals surface area contributed by atoms with E-state index in [0.717, 1.165) is 17.8 Å². The monoisotopic (exact) mass is 382 g/mol. The molecule has 1 heterocycles. The van der Waals surface area contributed by atoms with Gasteiger partial charge in [0.25, 0.3) is 0 Å². The van der Waals surface area contributed by atoms with Crippen LogP contribution >= 0.6 is 11.6 Å². The Morgan fingerprint density at radius 1 is 1.19 bits per heavy atom. The summed E-state index contributed by atoms with van der Waals surface area (Å²) in [6.07, 6.45) is 3.03. The summed E-state index contributed by atoms with van der Waals surface area (Å²) in [6.45, 7) is 2.04. The van der Waals surface area contributed by atoms with Crippen molar-refractivity contribution >= 4 is 23.4 Å². The third-order valence-corrected chi connectivity index (χ3v) is 4.20. The van der Waals surface area contributed by atoms with E-state index in [-0.39, 0.29) is 5.84 Å². The second kappa shape index (κ2) is 8.51. The van der Waals surface area contributed by atoms with E-state index in [4.69, 9.17) is 22.2 Å². The van der Waals surface area contributed by atoms with Crippen LogP contribution in [0.3, 0.4) is 0 Å². The fraction of sp³-hybridized carbons (Fsp3) is 0.150. The zero-order valence-electron chi connectivity index (χ0n) is 14.8. The minimum Gasteiger partial charge on any atom is -0.380 e. The third kappa shape index (κ3) is 4.35. The molecule has 6 nitrogen and oxygen atoms in total. The Kier molecular flexibility index (Phi) is 5.88. The lowest BCUT2D eigenvalue weighted by atomic mass is 10.1. The van der Waals surface area contributed by atoms with Crippen LogP contribution in [0, 0.1) is 0 Å². The average Bonchev–Trinajstić information content (AvgIpc) is 3.11. The van der Waals surface area contributed by atoms with E-state index in [9.17, 15) is 4.79 Å². The van der Waals surface area contributed by atoms with Gasteiger partial charge in [-0.2, -0.15) is 5.10 Å². The summed E-state index contributed by atoms with van der Waals surface area (Å²) in [5.74, 6) is -0.509. The lowest BCUT2D eigenvalue weighted by Gasteiger charge is -2.08. The Labute approximate surface area is 162 Å². The number of carbonyl (C=O) groups is 1. The molecule has 0 fully saturated rings. The highest BCUT2D eigenvalue weighted by molar-refractivity contribution is 6.30. The Hall–Kier alpha value is -3.12. The van der Waals surface area contributed by atoms with Crippen LogP contribution < -0.4 is 5.73 Å². The molecule has 0 saturated heterocycles. The number of halogens is 1. The SMILES string of the molecule is CCCc1c(C(=O)ON=C(N)c2ccc(Cl)cc2)cnn1-c1ccccc1. The number of aromatic nitrogens is 2. The molecule has 2 aromatic carbocycles. The first-order chi connectivity index (χ1) is 13.1. The van der Waals surface area contributed by atoms with E-state index in [0.29, 0.717) is 22.6 Å². The number of rotatable bonds is 6. The van der Waals surface area contributed by atoms with Gasteiger partial charge in [0.2, 0.25) is 0 Å². The van der Waals surface area contributed by atoms with Crippen LogP contribution in [0.1, 0.15) is 35.0 Å². The molecule has 0 aliphatic heterocycles. The zero-order valence-corrected chi connectivity index (χ0v) is 15.6. The number of oxime groups is 1. The average molecular weight is 383 g/mol. The molecule has 0 aliphatic carbocycles. The molecule has 1 aromatic heterocycles. The van der Waals surface area contributed by atoms with Crippen LogP contribution in [-0.4, -0.2) is 21.6 Å². The molecule has 0 amide bonds. The molecule has 0 aliphatic rings. The predicted octanol–water partition coefficient (Wildman–Crippen LogP) is 3.96. The first kappa shape index (κ1) is 18.7. The van der Waals surface area contributed by atoms with Crippen LogP contribution in [0.4, 0.5) is 0 Å². The molecule has 7 heteroatoms. The number of hydrogen-bond acceptors (Lipinski definition) is 4. The quantitative estimate of drug-likeness (QED) is 0.303. The van der Waals surface area contributed by atoms with Crippen LogP contribution in [0.15, 0.2) is 65.9 Å². The van der Waals surface area contributed by atoms with Gasteiger partial charge in [-0.15, -0.1) is 0 Å². The van der Waals surface area contributed by atoms with Gasteiger partial charge >= 0.3 is 5.97 Å². The fourth-order valence-corrected chi connectivity index (χ4v) is 2.75. The second-order valence-corrected chi connectivity index (χ2v) is 6.30. The Morgan fingerprint density at radius 3 is 2.56 bits per heavy atom. The van der Waals surface area contributed by atoms with Crippen molar-refractivity contribution in [3.63, 3.8) is 0 Å². The molecular formula is C20H19ClN4O2. The molecule has 3 aromatic rings. The standard InChI is InChI=1S/C20H19ClN4O2/c1-2-6-18-17(13-23-25(18)16-7-4-3-5-8-16)20(26)27-24-19(22)14-9-11-15(21)12-10-14/h3-5,7-13H,2,6H2,1H3,(H2,22,24). The van der Waals surface area contributed by atoms with E-state index in [2.05, 4.69) is 10.3 Å². The molecule has 27 heavy (non-hydrogen) atoms. The molecule has 0 saturated carbocycles. The summed E-state index contributed by atoms with van der Waals surface area (Å²) in [6, 6.07) is 16.4. The lowest BCUT2D eigenvalue weighted by molar-refractivity contribution is 0.0514. The van der Waals surface area contributed by atoms with Gasteiger partial charge in [0.15, 0.2) is 5.84 Å². The molecule has 0 spiro atoms. The molecule has 138 valence electrons. The van der Waals surface area contributed by atoms with Crippen molar-refractivity contribution in [1.29, 1.82) is 0 Å². The molecule has 2 N–H and O–H groups in total. The second-order valence-electron chi connectivity index (χ2n) is 5.86. The first-order valence-corrected chi connectivity index (χ1v) is 8.91. The number of benzene rings is 2. The number of para-hydroxylation sites is 1. The number of amidine groups is 1. The van der Waals surface area contributed by atoms with Gasteiger partial charge in [0.05, 0.1) is 17.6 Å². The van der Waals surface area contributed by atoms with Gasteiger partial charge in [0.1, 0.15) is 5.56 Å². The zero-order chi connectivity index (χ0) is 19.2. The van der Waals surface area contributed by atoms with E-state index in [1.54, 1.807) is 28.9 Å². The summed E-state index contributed by atoms with van der Waals surface area (Å²) in [5.41, 5.74) is 8.51. The summed E-state index contributed by atoms with van der Waals surface area (Å²) < 4.78 is 1.74. The highest BCUT2D eigenvalue weighted by Gasteiger charge is 2.19. The van der Waals surface area contributed by atoms with E-state index < -0.39 is 5.97 Å². The summed E-state index contributed by atoms with van der Waals surface area (Å²) in [4.78, 5) is 17.6. The molecule has 0 radical (unpaired) electrons. The summed E-state index contributed by atoms with van der Waals surface area (Å²) in [5, 5.41) is 8.68. The molecule has 3 rings (SSSR count). The van der Waals surface area contributed by atoms with E-state index in [1.165, 1.54) is 6.20 Å². The van der Waals surface area contributed by atoms with Gasteiger partial charge in [-0.25, -0.2) is 9.48 Å². The minimum atomic E-state index is -0.599. The van der Waals surface area contributed by atoms with E-state index >= 15 is 0 Å². The Balaban J connectivity index is 1.83. The Morgan fingerprint density at radius 2 is 1.89 bits per heavy atom. The maximum Gasteiger partial charge on any atom is 0.369 e. The number of carbonyl (C=O) groups excluding carboxylic acids is 1. The normalized spacial score (nSPS) is 11.4. The first-order valence-electron chi connectivity index (χ1n) is 8.53. The maximum absolute atomic E-state index is 12.5. The predicted molar refractivity (Wildman–Crippen MR) is 105 cm³/mol. The van der Waals surface area contributed by atoms with Crippen LogP contribution in [0.25, 0.3) is 5.69 Å². The van der Waals surface area contributed by atoms with Crippen molar-refractivity contribution in [2.75, 3.05) is 0 Å². The topological polar surface area (TPSA) is 82.5 Å².